The van der Waals surface area contributed by atoms with Crippen LogP contribution in [0.1, 0.15) is 31.8 Å². The van der Waals surface area contributed by atoms with Gasteiger partial charge in [0.25, 0.3) is 0 Å². The molecule has 0 aromatic heterocycles. The zero-order valence-electron chi connectivity index (χ0n) is 16.1. The molecule has 0 aliphatic carbocycles. The molecule has 0 aliphatic heterocycles. The van der Waals surface area contributed by atoms with Crippen LogP contribution in [0.5, 0.6) is 0 Å². The molecular formula is C26H18O3P+. The molecule has 0 saturated carbocycles. The Morgan fingerprint density at radius 1 is 0.433 bits per heavy atom. The molecule has 4 aromatic carbocycles. The van der Waals surface area contributed by atoms with Gasteiger partial charge in [0.1, 0.15) is 0 Å². The van der Waals surface area contributed by atoms with Crippen molar-refractivity contribution in [1.82, 2.24) is 0 Å². The summed E-state index contributed by atoms with van der Waals surface area (Å²) in [6, 6.07) is 31.8. The zero-order chi connectivity index (χ0) is 20.9. The molecular weight excluding hydrogens is 391 g/mol. The van der Waals surface area contributed by atoms with Gasteiger partial charge in [-0.15, -0.1) is 0 Å². The Morgan fingerprint density at radius 3 is 1.07 bits per heavy atom. The van der Waals surface area contributed by atoms with Crippen molar-refractivity contribution in [2.45, 2.75) is 0 Å². The predicted molar refractivity (Wildman–Crippen MR) is 120 cm³/mol. The second-order valence-electron chi connectivity index (χ2n) is 6.78. The molecule has 0 atom stereocenters. The van der Waals surface area contributed by atoms with E-state index < -0.39 is 7.80 Å². The topological polar surface area (TPSA) is 51.2 Å². The van der Waals surface area contributed by atoms with E-state index in [1.54, 1.807) is 72.8 Å². The summed E-state index contributed by atoms with van der Waals surface area (Å²) in [6.45, 7) is 0. The second-order valence-corrected chi connectivity index (χ2v) is 8.40. The van der Waals surface area contributed by atoms with E-state index in [9.17, 15) is 14.2 Å². The monoisotopic (exact) mass is 409 g/mol. The molecule has 0 amide bonds. The van der Waals surface area contributed by atoms with E-state index in [0.717, 1.165) is 0 Å². The van der Waals surface area contributed by atoms with Crippen LogP contribution < -0.4 is 10.6 Å². The number of ketones is 2. The largest absolute Gasteiger partial charge is 0.415 e. The number of carbonyl (C=O) groups excluding carboxylic acids is 2. The molecule has 144 valence electrons. The van der Waals surface area contributed by atoms with Gasteiger partial charge in [0, 0.05) is 22.3 Å². The summed E-state index contributed by atoms with van der Waals surface area (Å²) in [5.41, 5.74) is 2.34. The predicted octanol–water partition coefficient (Wildman–Crippen LogP) is 4.93. The van der Waals surface area contributed by atoms with E-state index in [2.05, 4.69) is 0 Å². The van der Waals surface area contributed by atoms with Crippen LogP contribution in [0.25, 0.3) is 0 Å². The van der Waals surface area contributed by atoms with Crippen LogP contribution in [-0.4, -0.2) is 11.6 Å². The van der Waals surface area contributed by atoms with E-state index >= 15 is 0 Å². The van der Waals surface area contributed by atoms with Crippen LogP contribution in [0.3, 0.4) is 0 Å². The van der Waals surface area contributed by atoms with Crippen LogP contribution in [0.2, 0.25) is 0 Å². The molecule has 0 saturated heterocycles. The van der Waals surface area contributed by atoms with Crippen molar-refractivity contribution < 1.29 is 14.2 Å². The van der Waals surface area contributed by atoms with Gasteiger partial charge >= 0.3 is 7.80 Å². The molecule has 0 N–H and O–H groups in total. The Balaban J connectivity index is 1.50. The van der Waals surface area contributed by atoms with Crippen molar-refractivity contribution in [3.05, 3.63) is 131 Å². The minimum absolute atomic E-state index is 0.0684. The first-order valence-corrected chi connectivity index (χ1v) is 10.8. The zero-order valence-corrected chi connectivity index (χ0v) is 17.0. The van der Waals surface area contributed by atoms with E-state index in [0.29, 0.717) is 32.9 Å². The average molecular weight is 409 g/mol. The summed E-state index contributed by atoms with van der Waals surface area (Å²) < 4.78 is 12.9. The summed E-state index contributed by atoms with van der Waals surface area (Å²) >= 11 is 0. The maximum Gasteiger partial charge on any atom is 0.415 e. The van der Waals surface area contributed by atoms with Crippen LogP contribution >= 0.6 is 7.80 Å². The minimum Gasteiger partial charge on any atom is -0.289 e. The Kier molecular flexibility index (Phi) is 5.74. The molecule has 0 fully saturated rings. The third-order valence-corrected chi connectivity index (χ3v) is 6.33. The number of hydrogen-bond donors (Lipinski definition) is 0. The van der Waals surface area contributed by atoms with Crippen LogP contribution in [0.4, 0.5) is 0 Å². The molecule has 4 rings (SSSR count). The number of carbonyl (C=O) groups is 2. The lowest BCUT2D eigenvalue weighted by Crippen LogP contribution is -2.09. The van der Waals surface area contributed by atoms with Gasteiger partial charge in [0.2, 0.25) is 0 Å². The van der Waals surface area contributed by atoms with Crippen molar-refractivity contribution in [2.75, 3.05) is 0 Å². The Bertz CT molecular complexity index is 1100. The van der Waals surface area contributed by atoms with Crippen molar-refractivity contribution in [3.8, 4) is 0 Å². The number of hydrogen-bond acceptors (Lipinski definition) is 3. The number of rotatable bonds is 6. The van der Waals surface area contributed by atoms with Crippen molar-refractivity contribution in [3.63, 3.8) is 0 Å². The first-order chi connectivity index (χ1) is 14.6. The molecule has 0 heterocycles. The Labute approximate surface area is 175 Å². The summed E-state index contributed by atoms with van der Waals surface area (Å²) in [5, 5.41) is 1.27. The van der Waals surface area contributed by atoms with Gasteiger partial charge in [0.05, 0.1) is 0 Å². The molecule has 0 unspecified atom stereocenters. The Hall–Kier alpha value is -3.68. The Morgan fingerprint density at radius 2 is 0.733 bits per heavy atom. The van der Waals surface area contributed by atoms with Gasteiger partial charge in [-0.3, -0.25) is 9.59 Å². The van der Waals surface area contributed by atoms with Crippen LogP contribution in [0.15, 0.2) is 109 Å². The summed E-state index contributed by atoms with van der Waals surface area (Å²) in [7, 11) is -1.82. The fourth-order valence-corrected chi connectivity index (χ4v) is 4.30. The fraction of sp³-hybridized carbons (Fsp3) is 0. The van der Waals surface area contributed by atoms with Crippen molar-refractivity contribution in [1.29, 1.82) is 0 Å². The van der Waals surface area contributed by atoms with Crippen molar-refractivity contribution >= 4 is 30.0 Å². The SMILES string of the molecule is O=C(c1ccccc1)c1ccc([P+](=O)c2ccc(C(=O)c3ccccc3)cc2)cc1. The third kappa shape index (κ3) is 4.17. The van der Waals surface area contributed by atoms with Gasteiger partial charge in [-0.2, -0.15) is 0 Å². The van der Waals surface area contributed by atoms with Crippen LogP contribution in [0, 0.1) is 0 Å². The van der Waals surface area contributed by atoms with E-state index in [1.807, 2.05) is 36.4 Å². The summed E-state index contributed by atoms with van der Waals surface area (Å²) in [4.78, 5) is 25.0. The molecule has 0 aliphatic rings. The fourth-order valence-electron chi connectivity index (χ4n) is 3.16. The van der Waals surface area contributed by atoms with E-state index in [4.69, 9.17) is 0 Å². The van der Waals surface area contributed by atoms with E-state index in [1.165, 1.54) is 0 Å². The number of benzene rings is 4. The molecule has 30 heavy (non-hydrogen) atoms. The highest BCUT2D eigenvalue weighted by Crippen LogP contribution is 2.21. The molecule has 4 heteroatoms. The molecule has 4 aromatic rings. The lowest BCUT2D eigenvalue weighted by molar-refractivity contribution is 0.103. The van der Waals surface area contributed by atoms with Gasteiger partial charge in [0.15, 0.2) is 22.2 Å². The highest BCUT2D eigenvalue weighted by atomic mass is 31.1. The standard InChI is InChI=1S/C26H18O3P/c27-25(19-7-3-1-4-8-19)21-11-15-23(16-12-21)30(29)24-17-13-22(14-18-24)26(28)20-9-5-2-6-10-20/h1-18H/q+1. The molecule has 3 nitrogen and oxygen atoms in total. The average Bonchev–Trinajstić information content (AvgIpc) is 2.84. The molecule has 0 bridgehead atoms. The van der Waals surface area contributed by atoms with Gasteiger partial charge < -0.3 is 0 Å². The summed E-state index contributed by atoms with van der Waals surface area (Å²) in [6.07, 6.45) is 0. The lowest BCUT2D eigenvalue weighted by atomic mass is 10.0. The normalized spacial score (nSPS) is 10.4. The highest BCUT2D eigenvalue weighted by Gasteiger charge is 2.24. The maximum atomic E-state index is 12.9. The molecule has 0 spiro atoms. The quantitative estimate of drug-likeness (QED) is 0.335. The van der Waals surface area contributed by atoms with Gasteiger partial charge in [-0.25, -0.2) is 0 Å². The van der Waals surface area contributed by atoms with Gasteiger partial charge in [-0.05, 0) is 48.5 Å². The second kappa shape index (κ2) is 8.77. The highest BCUT2D eigenvalue weighted by molar-refractivity contribution is 7.61. The minimum atomic E-state index is -1.82. The lowest BCUT2D eigenvalue weighted by Gasteiger charge is -2.01. The first kappa shape index (κ1) is 19.6. The van der Waals surface area contributed by atoms with Gasteiger partial charge in [-0.1, -0.05) is 65.2 Å². The first-order valence-electron chi connectivity index (χ1n) is 9.50. The molecule has 0 radical (unpaired) electrons. The van der Waals surface area contributed by atoms with Crippen LogP contribution in [-0.2, 0) is 4.57 Å². The third-order valence-electron chi connectivity index (χ3n) is 4.80. The van der Waals surface area contributed by atoms with Crippen molar-refractivity contribution in [2.24, 2.45) is 0 Å². The smallest absolute Gasteiger partial charge is 0.289 e. The summed E-state index contributed by atoms with van der Waals surface area (Å²) in [5.74, 6) is -0.137. The maximum absolute atomic E-state index is 12.9. The van der Waals surface area contributed by atoms with E-state index in [-0.39, 0.29) is 11.6 Å².